The second-order valence-corrected chi connectivity index (χ2v) is 2.48. The number of rotatable bonds is 0. The van der Waals surface area contributed by atoms with Gasteiger partial charge in [0.15, 0.2) is 0 Å². The van der Waals surface area contributed by atoms with Crippen LogP contribution in [-0.4, -0.2) is 11.8 Å². The van der Waals surface area contributed by atoms with Crippen molar-refractivity contribution in [3.63, 3.8) is 0 Å². The molecule has 0 spiro atoms. The average Bonchev–Trinajstić information content (AvgIpc) is 2.33. The lowest BCUT2D eigenvalue weighted by Gasteiger charge is -2.00. The molecule has 3 nitrogen and oxygen atoms in total. The van der Waals surface area contributed by atoms with Gasteiger partial charge in [0.2, 0.25) is 11.8 Å². The first-order valence-electron chi connectivity index (χ1n) is 3.26. The van der Waals surface area contributed by atoms with E-state index in [1.165, 1.54) is 5.57 Å². The molecule has 50 valence electrons. The van der Waals surface area contributed by atoms with Gasteiger partial charge in [0.1, 0.15) is 5.22 Å². The average molecular weight is 134 g/mol. The molecule has 0 aromatic heterocycles. The minimum atomic E-state index is 0.227. The molecule has 0 fully saturated rings. The van der Waals surface area contributed by atoms with E-state index >= 15 is 0 Å². The SMILES string of the molecule is CC1=CC2[NH+]=NN=C2C=C1. The lowest BCUT2D eigenvalue weighted by atomic mass is 10.0. The number of hydrogen-bond acceptors (Lipinski definition) is 2. The lowest BCUT2D eigenvalue weighted by Crippen LogP contribution is -2.73. The summed E-state index contributed by atoms with van der Waals surface area (Å²) < 4.78 is 0. The van der Waals surface area contributed by atoms with Gasteiger partial charge in [-0.25, -0.2) is 0 Å². The molecule has 2 rings (SSSR count). The van der Waals surface area contributed by atoms with Crippen LogP contribution < -0.4 is 5.11 Å². The van der Waals surface area contributed by atoms with Gasteiger partial charge in [-0.2, -0.15) is 5.11 Å². The van der Waals surface area contributed by atoms with Crippen LogP contribution in [0.2, 0.25) is 0 Å². The fourth-order valence-corrected chi connectivity index (χ4v) is 1.07. The van der Waals surface area contributed by atoms with Crippen LogP contribution in [0.5, 0.6) is 0 Å². The molecular formula is C7H8N3+. The maximum atomic E-state index is 3.89. The Morgan fingerprint density at radius 3 is 3.30 bits per heavy atom. The fraction of sp³-hybridized carbons (Fsp3) is 0.286. The van der Waals surface area contributed by atoms with E-state index in [1.807, 2.05) is 12.2 Å². The Balaban J connectivity index is 2.39. The first-order valence-corrected chi connectivity index (χ1v) is 3.26. The van der Waals surface area contributed by atoms with Crippen LogP contribution in [0.15, 0.2) is 34.1 Å². The molecule has 10 heavy (non-hydrogen) atoms. The third-order valence-electron chi connectivity index (χ3n) is 1.63. The normalized spacial score (nSPS) is 27.9. The molecule has 3 heteroatoms. The predicted molar refractivity (Wildman–Crippen MR) is 37.5 cm³/mol. The number of fused-ring (bicyclic) bond motifs is 1. The second kappa shape index (κ2) is 1.87. The van der Waals surface area contributed by atoms with E-state index in [0.29, 0.717) is 0 Å². The van der Waals surface area contributed by atoms with Crippen LogP contribution in [-0.2, 0) is 0 Å². The van der Waals surface area contributed by atoms with Crippen LogP contribution >= 0.6 is 0 Å². The molecule has 0 radical (unpaired) electrons. The molecule has 0 bridgehead atoms. The summed E-state index contributed by atoms with van der Waals surface area (Å²) in [5.74, 6) is 0. The van der Waals surface area contributed by atoms with Gasteiger partial charge in [-0.15, -0.1) is 0 Å². The molecular weight excluding hydrogens is 126 g/mol. The highest BCUT2D eigenvalue weighted by Gasteiger charge is 2.24. The van der Waals surface area contributed by atoms with E-state index in [-0.39, 0.29) is 6.04 Å². The molecule has 0 amide bonds. The molecule has 1 aliphatic heterocycles. The number of allylic oxidation sites excluding steroid dienone is 2. The molecule has 1 unspecified atom stereocenters. The monoisotopic (exact) mass is 134 g/mol. The maximum Gasteiger partial charge on any atom is 0.230 e. The summed E-state index contributed by atoms with van der Waals surface area (Å²) in [5, 5.41) is 10.5. The van der Waals surface area contributed by atoms with E-state index < -0.39 is 0 Å². The van der Waals surface area contributed by atoms with Crippen molar-refractivity contribution in [2.75, 3.05) is 0 Å². The highest BCUT2D eigenvalue weighted by molar-refractivity contribution is 6.01. The van der Waals surface area contributed by atoms with Gasteiger partial charge in [0, 0.05) is 0 Å². The predicted octanol–water partition coefficient (Wildman–Crippen LogP) is -0.226. The van der Waals surface area contributed by atoms with Gasteiger partial charge in [-0.3, -0.25) is 0 Å². The third-order valence-corrected chi connectivity index (χ3v) is 1.63. The standard InChI is InChI=1S/C7H7N3/c1-5-2-3-6-7(4-5)9-10-8-6/h2-4,7H,1H3/p+1. The third kappa shape index (κ3) is 0.708. The van der Waals surface area contributed by atoms with E-state index in [9.17, 15) is 0 Å². The fourth-order valence-electron chi connectivity index (χ4n) is 1.07. The van der Waals surface area contributed by atoms with Gasteiger partial charge in [0.25, 0.3) is 0 Å². The summed E-state index contributed by atoms with van der Waals surface area (Å²) in [7, 11) is 0. The van der Waals surface area contributed by atoms with Crippen molar-refractivity contribution in [3.8, 4) is 0 Å². The highest BCUT2D eigenvalue weighted by atomic mass is 15.4. The molecule has 0 saturated heterocycles. The van der Waals surface area contributed by atoms with Crippen molar-refractivity contribution < 1.29 is 5.11 Å². The zero-order valence-electron chi connectivity index (χ0n) is 5.70. The van der Waals surface area contributed by atoms with Crippen molar-refractivity contribution in [2.45, 2.75) is 13.0 Å². The summed E-state index contributed by atoms with van der Waals surface area (Å²) in [6.45, 7) is 2.06. The van der Waals surface area contributed by atoms with E-state index in [2.05, 4.69) is 28.4 Å². The van der Waals surface area contributed by atoms with Crippen LogP contribution in [0, 0.1) is 0 Å². The Kier molecular flexibility index (Phi) is 1.03. The Hall–Kier alpha value is -1.25. The topological polar surface area (TPSA) is 38.7 Å². The molecule has 1 atom stereocenters. The van der Waals surface area contributed by atoms with E-state index in [1.54, 1.807) is 0 Å². The summed E-state index contributed by atoms with van der Waals surface area (Å²) in [5.41, 5.74) is 2.26. The van der Waals surface area contributed by atoms with Crippen molar-refractivity contribution >= 4 is 5.71 Å². The van der Waals surface area contributed by atoms with E-state index in [4.69, 9.17) is 0 Å². The Bertz CT molecular complexity index is 271. The summed E-state index contributed by atoms with van der Waals surface area (Å²) in [6.07, 6.45) is 6.14. The second-order valence-electron chi connectivity index (χ2n) is 2.48. The van der Waals surface area contributed by atoms with Gasteiger partial charge in [0.05, 0.1) is 5.10 Å². The molecule has 1 heterocycles. The van der Waals surface area contributed by atoms with E-state index in [0.717, 1.165) is 5.71 Å². The first-order chi connectivity index (χ1) is 4.86. The Morgan fingerprint density at radius 1 is 1.50 bits per heavy atom. The zero-order chi connectivity index (χ0) is 6.97. The Labute approximate surface area is 58.9 Å². The smallest absolute Gasteiger partial charge is 0.163 e. The van der Waals surface area contributed by atoms with Gasteiger partial charge in [-0.05, 0) is 19.1 Å². The molecule has 2 aliphatic rings. The number of nitrogens with one attached hydrogen (secondary N) is 1. The minimum Gasteiger partial charge on any atom is -0.163 e. The van der Waals surface area contributed by atoms with Gasteiger partial charge < -0.3 is 0 Å². The maximum absolute atomic E-state index is 3.89. The van der Waals surface area contributed by atoms with Crippen LogP contribution in [0.1, 0.15) is 6.92 Å². The van der Waals surface area contributed by atoms with Crippen molar-refractivity contribution in [3.05, 3.63) is 23.8 Å². The largest absolute Gasteiger partial charge is 0.230 e. The van der Waals surface area contributed by atoms with Crippen molar-refractivity contribution in [2.24, 2.45) is 10.3 Å². The molecule has 1 N–H and O–H groups in total. The highest BCUT2D eigenvalue weighted by Crippen LogP contribution is 2.07. The molecule has 0 aromatic carbocycles. The molecule has 1 aliphatic carbocycles. The van der Waals surface area contributed by atoms with Crippen LogP contribution in [0.4, 0.5) is 0 Å². The van der Waals surface area contributed by atoms with Crippen molar-refractivity contribution in [1.82, 2.24) is 0 Å². The molecule has 0 aromatic rings. The Morgan fingerprint density at radius 2 is 2.40 bits per heavy atom. The van der Waals surface area contributed by atoms with Gasteiger partial charge >= 0.3 is 0 Å². The zero-order valence-corrected chi connectivity index (χ0v) is 5.70. The summed E-state index contributed by atoms with van der Waals surface area (Å²) >= 11 is 0. The number of nitrogens with zero attached hydrogens (tertiary/aromatic N) is 2. The quantitative estimate of drug-likeness (QED) is 0.475. The van der Waals surface area contributed by atoms with Crippen LogP contribution in [0.3, 0.4) is 0 Å². The lowest BCUT2D eigenvalue weighted by molar-refractivity contribution is -0.537. The summed E-state index contributed by atoms with van der Waals surface area (Å²) in [4.78, 5) is 0. The van der Waals surface area contributed by atoms with Crippen LogP contribution in [0.25, 0.3) is 0 Å². The summed E-state index contributed by atoms with van der Waals surface area (Å²) in [6, 6.07) is 0.227. The molecule has 0 saturated carbocycles. The minimum absolute atomic E-state index is 0.227. The van der Waals surface area contributed by atoms with Crippen molar-refractivity contribution in [1.29, 1.82) is 0 Å². The number of hydrogen-bond donors (Lipinski definition) is 1. The van der Waals surface area contributed by atoms with Gasteiger partial charge in [-0.1, -0.05) is 11.6 Å². The first kappa shape index (κ1) is 5.53.